The first-order valence-corrected chi connectivity index (χ1v) is 4.34. The van der Waals surface area contributed by atoms with Gasteiger partial charge in [-0.1, -0.05) is 6.07 Å². The van der Waals surface area contributed by atoms with E-state index >= 15 is 0 Å². The lowest BCUT2D eigenvalue weighted by Crippen LogP contribution is -2.26. The fourth-order valence-electron chi connectivity index (χ4n) is 1.02. The molecule has 1 rings (SSSR count). The van der Waals surface area contributed by atoms with E-state index in [9.17, 15) is 4.79 Å². The number of methoxy groups -OCH3 is 1. The number of esters is 1. The highest BCUT2D eigenvalue weighted by atomic mass is 16.5. The van der Waals surface area contributed by atoms with Crippen molar-refractivity contribution in [2.24, 2.45) is 0 Å². The maximum atomic E-state index is 11.0. The molecule has 4 nitrogen and oxygen atoms in total. The molecule has 0 amide bonds. The Balaban J connectivity index is 2.65. The van der Waals surface area contributed by atoms with Crippen molar-refractivity contribution < 1.29 is 9.53 Å². The third-order valence-corrected chi connectivity index (χ3v) is 1.88. The van der Waals surface area contributed by atoms with Gasteiger partial charge in [0.05, 0.1) is 7.11 Å². The Bertz CT molecular complexity index is 308. The third kappa shape index (κ3) is 2.73. The monoisotopic (exact) mass is 194 g/mol. The second-order valence-corrected chi connectivity index (χ2v) is 3.13. The Labute approximate surface area is 83.5 Å². The van der Waals surface area contributed by atoms with Gasteiger partial charge in [0.15, 0.2) is 0 Å². The van der Waals surface area contributed by atoms with Gasteiger partial charge in [0.1, 0.15) is 12.4 Å². The van der Waals surface area contributed by atoms with E-state index in [1.165, 1.54) is 7.11 Å². The highest BCUT2D eigenvalue weighted by Gasteiger charge is 2.07. The molecule has 1 heterocycles. The molecule has 0 N–H and O–H groups in total. The van der Waals surface area contributed by atoms with Crippen LogP contribution < -0.4 is 4.90 Å². The van der Waals surface area contributed by atoms with Crippen LogP contribution in [-0.2, 0) is 9.53 Å². The number of anilines is 1. The summed E-state index contributed by atoms with van der Waals surface area (Å²) >= 11 is 0. The summed E-state index contributed by atoms with van der Waals surface area (Å²) in [6.07, 6.45) is 1.77. The molecule has 0 fully saturated rings. The Morgan fingerprint density at radius 2 is 2.29 bits per heavy atom. The molecule has 0 aliphatic heterocycles. The van der Waals surface area contributed by atoms with E-state index in [1.54, 1.807) is 18.1 Å². The summed E-state index contributed by atoms with van der Waals surface area (Å²) in [5, 5.41) is 0. The average Bonchev–Trinajstić information content (AvgIpc) is 2.18. The van der Waals surface area contributed by atoms with Crippen molar-refractivity contribution in [2.45, 2.75) is 6.92 Å². The van der Waals surface area contributed by atoms with E-state index in [2.05, 4.69) is 9.72 Å². The zero-order valence-electron chi connectivity index (χ0n) is 8.65. The number of carbonyl (C=O) groups excluding carboxylic acids is 1. The van der Waals surface area contributed by atoms with Gasteiger partial charge in [0.2, 0.25) is 0 Å². The number of aryl methyl sites for hydroxylation is 1. The quantitative estimate of drug-likeness (QED) is 0.673. The van der Waals surface area contributed by atoms with Crippen LogP contribution in [-0.4, -0.2) is 31.7 Å². The largest absolute Gasteiger partial charge is 0.468 e. The third-order valence-electron chi connectivity index (χ3n) is 1.88. The molecule has 1 aromatic rings. The van der Waals surface area contributed by atoms with Crippen LogP contribution in [0.4, 0.5) is 5.82 Å². The lowest BCUT2D eigenvalue weighted by Gasteiger charge is -2.16. The van der Waals surface area contributed by atoms with Gasteiger partial charge in [0, 0.05) is 13.2 Å². The number of pyridine rings is 1. The Morgan fingerprint density at radius 3 is 2.79 bits per heavy atom. The molecule has 0 saturated carbocycles. The molecule has 0 aromatic carbocycles. The van der Waals surface area contributed by atoms with Crippen molar-refractivity contribution in [3.8, 4) is 0 Å². The van der Waals surface area contributed by atoms with Gasteiger partial charge < -0.3 is 9.64 Å². The predicted molar refractivity (Wildman–Crippen MR) is 54.3 cm³/mol. The van der Waals surface area contributed by atoms with Crippen molar-refractivity contribution in [3.63, 3.8) is 0 Å². The Hall–Kier alpha value is -1.58. The molecule has 0 bridgehead atoms. The van der Waals surface area contributed by atoms with E-state index in [0.717, 1.165) is 11.4 Å². The molecular formula is C10H14N2O2. The molecule has 0 atom stereocenters. The van der Waals surface area contributed by atoms with Gasteiger partial charge in [-0.3, -0.25) is 4.79 Å². The fraction of sp³-hybridized carbons (Fsp3) is 0.400. The minimum absolute atomic E-state index is 0.215. The van der Waals surface area contributed by atoms with Gasteiger partial charge >= 0.3 is 5.97 Å². The van der Waals surface area contributed by atoms with Gasteiger partial charge in [0.25, 0.3) is 0 Å². The molecule has 4 heteroatoms. The Morgan fingerprint density at radius 1 is 1.57 bits per heavy atom. The molecule has 0 radical (unpaired) electrons. The summed E-state index contributed by atoms with van der Waals surface area (Å²) in [6, 6.07) is 3.83. The molecule has 76 valence electrons. The first-order chi connectivity index (χ1) is 6.63. The van der Waals surface area contributed by atoms with Crippen molar-refractivity contribution >= 4 is 11.8 Å². The van der Waals surface area contributed by atoms with E-state index in [1.807, 2.05) is 19.1 Å². The van der Waals surface area contributed by atoms with E-state index in [0.29, 0.717) is 0 Å². The van der Waals surface area contributed by atoms with Crippen molar-refractivity contribution in [2.75, 3.05) is 25.6 Å². The molecular weight excluding hydrogens is 180 g/mol. The summed E-state index contributed by atoms with van der Waals surface area (Å²) in [6.45, 7) is 2.18. The highest BCUT2D eigenvalue weighted by molar-refractivity contribution is 5.74. The van der Waals surface area contributed by atoms with Crippen LogP contribution in [0.15, 0.2) is 18.3 Å². The van der Waals surface area contributed by atoms with Crippen LogP contribution >= 0.6 is 0 Å². The van der Waals surface area contributed by atoms with E-state index in [4.69, 9.17) is 0 Å². The van der Waals surface area contributed by atoms with Crippen LogP contribution in [0.1, 0.15) is 5.56 Å². The maximum Gasteiger partial charge on any atom is 0.325 e. The minimum Gasteiger partial charge on any atom is -0.468 e. The average molecular weight is 194 g/mol. The fourth-order valence-corrected chi connectivity index (χ4v) is 1.02. The number of hydrogen-bond donors (Lipinski definition) is 0. The van der Waals surface area contributed by atoms with Crippen LogP contribution in [0.3, 0.4) is 0 Å². The maximum absolute atomic E-state index is 11.0. The second kappa shape index (κ2) is 4.60. The normalized spacial score (nSPS) is 9.64. The topological polar surface area (TPSA) is 42.4 Å². The van der Waals surface area contributed by atoms with Gasteiger partial charge in [-0.25, -0.2) is 4.98 Å². The first kappa shape index (κ1) is 10.5. The number of carbonyl (C=O) groups is 1. The van der Waals surface area contributed by atoms with Gasteiger partial charge in [-0.15, -0.1) is 0 Å². The number of aromatic nitrogens is 1. The highest BCUT2D eigenvalue weighted by Crippen LogP contribution is 2.08. The Kier molecular flexibility index (Phi) is 3.45. The van der Waals surface area contributed by atoms with Crippen LogP contribution in [0.2, 0.25) is 0 Å². The molecule has 0 spiro atoms. The summed E-state index contributed by atoms with van der Waals surface area (Å²) in [7, 11) is 3.17. The van der Waals surface area contributed by atoms with Crippen LogP contribution in [0.25, 0.3) is 0 Å². The number of hydrogen-bond acceptors (Lipinski definition) is 4. The number of nitrogens with zero attached hydrogens (tertiary/aromatic N) is 2. The molecule has 0 saturated heterocycles. The van der Waals surface area contributed by atoms with Gasteiger partial charge in [-0.05, 0) is 18.6 Å². The minimum atomic E-state index is -0.269. The first-order valence-electron chi connectivity index (χ1n) is 4.34. The zero-order valence-corrected chi connectivity index (χ0v) is 8.65. The lowest BCUT2D eigenvalue weighted by molar-refractivity contribution is -0.138. The molecule has 0 aliphatic carbocycles. The zero-order chi connectivity index (χ0) is 10.6. The van der Waals surface area contributed by atoms with Crippen molar-refractivity contribution in [3.05, 3.63) is 23.9 Å². The number of ether oxygens (including phenoxy) is 1. The van der Waals surface area contributed by atoms with Crippen molar-refractivity contribution in [1.29, 1.82) is 0 Å². The van der Waals surface area contributed by atoms with Gasteiger partial charge in [-0.2, -0.15) is 0 Å². The number of likely N-dealkylation sites (N-methyl/N-ethyl adjacent to an activating group) is 1. The number of rotatable bonds is 3. The standard InChI is InChI=1S/C10H14N2O2/c1-8-4-5-9(11-6-8)12(2)7-10(13)14-3/h4-6H,7H2,1-3H3. The summed E-state index contributed by atoms with van der Waals surface area (Å²) in [5.41, 5.74) is 1.10. The van der Waals surface area contributed by atoms with Crippen molar-refractivity contribution in [1.82, 2.24) is 4.98 Å². The predicted octanol–water partition coefficient (Wildman–Crippen LogP) is 0.999. The summed E-state index contributed by atoms with van der Waals surface area (Å²) in [4.78, 5) is 16.9. The molecule has 14 heavy (non-hydrogen) atoms. The molecule has 1 aromatic heterocycles. The second-order valence-electron chi connectivity index (χ2n) is 3.13. The van der Waals surface area contributed by atoms with E-state index in [-0.39, 0.29) is 12.5 Å². The molecule has 0 unspecified atom stereocenters. The lowest BCUT2D eigenvalue weighted by atomic mass is 10.3. The smallest absolute Gasteiger partial charge is 0.325 e. The van der Waals surface area contributed by atoms with Crippen LogP contribution in [0.5, 0.6) is 0 Å². The summed E-state index contributed by atoms with van der Waals surface area (Å²) in [5.74, 6) is 0.496. The van der Waals surface area contributed by atoms with Crippen LogP contribution in [0, 0.1) is 6.92 Å². The summed E-state index contributed by atoms with van der Waals surface area (Å²) < 4.78 is 4.56. The molecule has 0 aliphatic rings. The van der Waals surface area contributed by atoms with E-state index < -0.39 is 0 Å². The SMILES string of the molecule is COC(=O)CN(C)c1ccc(C)cn1.